The van der Waals surface area contributed by atoms with Crippen LogP contribution in [0.25, 0.3) is 0 Å². The monoisotopic (exact) mass is 334 g/mol. The fourth-order valence-electron chi connectivity index (χ4n) is 3.03. The molecular formula is C19H23BN4O. The number of aromatic nitrogens is 2. The molecule has 5 nitrogen and oxygen atoms in total. The van der Waals surface area contributed by atoms with Crippen molar-refractivity contribution in [2.24, 2.45) is 0 Å². The lowest BCUT2D eigenvalue weighted by Gasteiger charge is -2.22. The second-order valence-electron chi connectivity index (χ2n) is 6.48. The van der Waals surface area contributed by atoms with Gasteiger partial charge in [-0.1, -0.05) is 13.0 Å². The maximum Gasteiger partial charge on any atom is 0.212 e. The van der Waals surface area contributed by atoms with Gasteiger partial charge in [0.1, 0.15) is 19.4 Å². The standard InChI is InChI=1S/C19H23BN4O/c1-3-14-12-15(19(20)21-13-14)18(25)16-6-4-7-17(22-16)24-9-5-8-23(2)10-11-24/h4,6-7,12-13H,3,5,8-11H2,1-2H3. The number of aryl methyl sites for hydroxylation is 1. The van der Waals surface area contributed by atoms with Crippen molar-refractivity contribution in [3.8, 4) is 0 Å². The molecular weight excluding hydrogens is 311 g/mol. The zero-order valence-electron chi connectivity index (χ0n) is 14.9. The minimum atomic E-state index is -0.172. The Morgan fingerprint density at radius 2 is 2.08 bits per heavy atom. The maximum atomic E-state index is 12.9. The number of likely N-dealkylation sites (N-methyl/N-ethyl adjacent to an activating group) is 1. The average molecular weight is 334 g/mol. The number of hydrogen-bond acceptors (Lipinski definition) is 5. The molecule has 1 aliphatic heterocycles. The van der Waals surface area contributed by atoms with Gasteiger partial charge in [-0.25, -0.2) is 4.98 Å². The first kappa shape index (κ1) is 17.6. The first-order valence-corrected chi connectivity index (χ1v) is 8.78. The number of nitrogens with zero attached hydrogens (tertiary/aromatic N) is 4. The summed E-state index contributed by atoms with van der Waals surface area (Å²) in [7, 11) is 8.06. The predicted octanol–water partition coefficient (Wildman–Crippen LogP) is 1.21. The molecule has 128 valence electrons. The highest BCUT2D eigenvalue weighted by Gasteiger charge is 2.18. The quantitative estimate of drug-likeness (QED) is 0.621. The van der Waals surface area contributed by atoms with Crippen LogP contribution in [0.5, 0.6) is 0 Å². The van der Waals surface area contributed by atoms with Crippen molar-refractivity contribution in [3.63, 3.8) is 0 Å². The van der Waals surface area contributed by atoms with Crippen LogP contribution in [0.4, 0.5) is 5.82 Å². The van der Waals surface area contributed by atoms with E-state index in [9.17, 15) is 4.79 Å². The molecule has 1 saturated heterocycles. The Morgan fingerprint density at radius 3 is 2.88 bits per heavy atom. The van der Waals surface area contributed by atoms with Gasteiger partial charge in [-0.3, -0.25) is 9.78 Å². The van der Waals surface area contributed by atoms with Gasteiger partial charge < -0.3 is 9.80 Å². The molecule has 3 rings (SSSR count). The second-order valence-corrected chi connectivity index (χ2v) is 6.48. The molecule has 2 aromatic rings. The SMILES string of the molecule is [B]c1ncc(CC)cc1C(=O)c1cccc(N2CCCN(C)CC2)n1. The van der Waals surface area contributed by atoms with E-state index in [4.69, 9.17) is 7.85 Å². The highest BCUT2D eigenvalue weighted by atomic mass is 16.1. The lowest BCUT2D eigenvalue weighted by Crippen LogP contribution is -2.30. The first-order valence-electron chi connectivity index (χ1n) is 8.78. The van der Waals surface area contributed by atoms with Crippen molar-refractivity contribution in [3.05, 3.63) is 47.3 Å². The topological polar surface area (TPSA) is 49.3 Å². The van der Waals surface area contributed by atoms with E-state index >= 15 is 0 Å². The van der Waals surface area contributed by atoms with Crippen LogP contribution < -0.4 is 10.5 Å². The number of rotatable bonds is 4. The lowest BCUT2D eigenvalue weighted by atomic mass is 9.92. The van der Waals surface area contributed by atoms with E-state index < -0.39 is 0 Å². The van der Waals surface area contributed by atoms with Gasteiger partial charge in [0, 0.05) is 31.4 Å². The average Bonchev–Trinajstić information content (AvgIpc) is 2.86. The molecule has 25 heavy (non-hydrogen) atoms. The van der Waals surface area contributed by atoms with Crippen LogP contribution in [0.1, 0.15) is 35.0 Å². The second kappa shape index (κ2) is 7.78. The van der Waals surface area contributed by atoms with E-state index in [1.165, 1.54) is 0 Å². The van der Waals surface area contributed by atoms with Crippen LogP contribution in [0.2, 0.25) is 0 Å². The molecule has 0 spiro atoms. The van der Waals surface area contributed by atoms with Gasteiger partial charge in [0.05, 0.1) is 0 Å². The third-order valence-electron chi connectivity index (χ3n) is 4.64. The van der Waals surface area contributed by atoms with Gasteiger partial charge in [-0.15, -0.1) is 0 Å². The van der Waals surface area contributed by atoms with Crippen LogP contribution >= 0.6 is 0 Å². The number of anilines is 1. The Labute approximate surface area is 150 Å². The van der Waals surface area contributed by atoms with Crippen molar-refractivity contribution in [1.29, 1.82) is 0 Å². The molecule has 2 aromatic heterocycles. The highest BCUT2D eigenvalue weighted by molar-refractivity contribution is 6.36. The Morgan fingerprint density at radius 1 is 1.24 bits per heavy atom. The summed E-state index contributed by atoms with van der Waals surface area (Å²) in [6.07, 6.45) is 3.61. The number of hydrogen-bond donors (Lipinski definition) is 0. The Hall–Kier alpha value is -2.21. The zero-order chi connectivity index (χ0) is 17.8. The number of ketones is 1. The molecule has 1 fully saturated rings. The molecule has 6 heteroatoms. The zero-order valence-corrected chi connectivity index (χ0v) is 14.9. The summed E-state index contributed by atoms with van der Waals surface area (Å²) in [5.41, 5.74) is 2.09. The van der Waals surface area contributed by atoms with Gasteiger partial charge in [-0.2, -0.15) is 0 Å². The Balaban J connectivity index is 1.87. The maximum absolute atomic E-state index is 12.9. The largest absolute Gasteiger partial charge is 0.355 e. The lowest BCUT2D eigenvalue weighted by molar-refractivity contribution is 0.103. The summed E-state index contributed by atoms with van der Waals surface area (Å²) in [5, 5.41) is 0. The van der Waals surface area contributed by atoms with E-state index in [-0.39, 0.29) is 11.4 Å². The normalized spacial score (nSPS) is 15.8. The van der Waals surface area contributed by atoms with Crippen LogP contribution in [0.3, 0.4) is 0 Å². The first-order chi connectivity index (χ1) is 12.1. The Kier molecular flexibility index (Phi) is 5.48. The van der Waals surface area contributed by atoms with Crippen molar-refractivity contribution in [1.82, 2.24) is 14.9 Å². The van der Waals surface area contributed by atoms with Gasteiger partial charge in [-0.05, 0) is 55.8 Å². The van der Waals surface area contributed by atoms with Crippen molar-refractivity contribution in [2.45, 2.75) is 19.8 Å². The van der Waals surface area contributed by atoms with Gasteiger partial charge in [0.15, 0.2) is 0 Å². The van der Waals surface area contributed by atoms with Gasteiger partial charge in [0.25, 0.3) is 0 Å². The van der Waals surface area contributed by atoms with E-state index in [1.807, 2.05) is 25.1 Å². The predicted molar refractivity (Wildman–Crippen MR) is 101 cm³/mol. The minimum absolute atomic E-state index is 0.172. The van der Waals surface area contributed by atoms with Crippen molar-refractivity contribution >= 4 is 25.0 Å². The molecule has 2 radical (unpaired) electrons. The summed E-state index contributed by atoms with van der Waals surface area (Å²) >= 11 is 0. The van der Waals surface area contributed by atoms with E-state index in [2.05, 4.69) is 26.8 Å². The summed E-state index contributed by atoms with van der Waals surface area (Å²) in [4.78, 5) is 26.2. The van der Waals surface area contributed by atoms with Crippen LogP contribution in [0.15, 0.2) is 30.5 Å². The molecule has 0 bridgehead atoms. The van der Waals surface area contributed by atoms with Gasteiger partial charge in [0.2, 0.25) is 5.78 Å². The van der Waals surface area contributed by atoms with Crippen molar-refractivity contribution < 1.29 is 4.79 Å². The molecule has 0 unspecified atom stereocenters. The molecule has 0 atom stereocenters. The molecule has 0 amide bonds. The smallest absolute Gasteiger partial charge is 0.212 e. The minimum Gasteiger partial charge on any atom is -0.355 e. The van der Waals surface area contributed by atoms with E-state index in [0.717, 1.165) is 50.4 Å². The molecule has 3 heterocycles. The number of pyridine rings is 2. The van der Waals surface area contributed by atoms with E-state index in [1.54, 1.807) is 12.3 Å². The molecule has 0 aromatic carbocycles. The van der Waals surface area contributed by atoms with Crippen LogP contribution in [-0.2, 0) is 6.42 Å². The number of carbonyl (C=O) groups excluding carboxylic acids is 1. The number of carbonyl (C=O) groups is 1. The third-order valence-corrected chi connectivity index (χ3v) is 4.64. The summed E-state index contributed by atoms with van der Waals surface area (Å²) in [6, 6.07) is 7.41. The summed E-state index contributed by atoms with van der Waals surface area (Å²) in [5.74, 6) is 0.674. The Bertz CT molecular complexity index is 765. The highest BCUT2D eigenvalue weighted by Crippen LogP contribution is 2.16. The van der Waals surface area contributed by atoms with Crippen LogP contribution in [-0.4, -0.2) is 61.7 Å². The summed E-state index contributed by atoms with van der Waals surface area (Å²) in [6.45, 7) is 5.97. The fourth-order valence-corrected chi connectivity index (χ4v) is 3.03. The molecule has 0 aliphatic carbocycles. The van der Waals surface area contributed by atoms with Gasteiger partial charge >= 0.3 is 0 Å². The molecule has 0 saturated carbocycles. The third kappa shape index (κ3) is 4.07. The molecule has 0 N–H and O–H groups in total. The van der Waals surface area contributed by atoms with E-state index in [0.29, 0.717) is 11.3 Å². The van der Waals surface area contributed by atoms with Crippen molar-refractivity contribution in [2.75, 3.05) is 38.1 Å². The summed E-state index contributed by atoms with van der Waals surface area (Å²) < 4.78 is 0. The fraction of sp³-hybridized carbons (Fsp3) is 0.421. The molecule has 1 aliphatic rings. The van der Waals surface area contributed by atoms with Crippen LogP contribution in [0, 0.1) is 0 Å².